The fourth-order valence-corrected chi connectivity index (χ4v) is 1.71. The molecule has 0 spiro atoms. The molecule has 1 rings (SSSR count). The maximum Gasteiger partial charge on any atom is 0.188 e. The monoisotopic (exact) mass is 261 g/mol. The van der Waals surface area contributed by atoms with E-state index in [1.165, 1.54) is 5.56 Å². The van der Waals surface area contributed by atoms with Gasteiger partial charge in [-0.15, -0.1) is 6.58 Å². The first-order valence-corrected chi connectivity index (χ1v) is 6.46. The standard InChI is InChI=1S/C15H23N3O/c1-4-10-17-15(16)18-11-9-12(2)13-5-7-14(19-3)8-6-13/h4-8,12H,1,9-11H2,2-3H3,(H3,16,17,18). The summed E-state index contributed by atoms with van der Waals surface area (Å²) in [4.78, 5) is 4.27. The molecule has 0 saturated carbocycles. The summed E-state index contributed by atoms with van der Waals surface area (Å²) in [6.07, 6.45) is 2.71. The largest absolute Gasteiger partial charge is 0.497 e. The highest BCUT2D eigenvalue weighted by Crippen LogP contribution is 2.21. The third-order valence-electron chi connectivity index (χ3n) is 2.96. The highest BCUT2D eigenvalue weighted by Gasteiger charge is 2.05. The zero-order valence-electron chi connectivity index (χ0n) is 11.7. The summed E-state index contributed by atoms with van der Waals surface area (Å²) in [6.45, 7) is 7.15. The van der Waals surface area contributed by atoms with Gasteiger partial charge in [0.15, 0.2) is 5.96 Å². The summed E-state index contributed by atoms with van der Waals surface area (Å²) in [5.41, 5.74) is 6.98. The summed E-state index contributed by atoms with van der Waals surface area (Å²) in [5.74, 6) is 1.80. The van der Waals surface area contributed by atoms with E-state index in [-0.39, 0.29) is 0 Å². The van der Waals surface area contributed by atoms with E-state index in [1.54, 1.807) is 13.2 Å². The fraction of sp³-hybridized carbons (Fsp3) is 0.400. The van der Waals surface area contributed by atoms with Gasteiger partial charge in [0, 0.05) is 13.1 Å². The molecule has 0 aliphatic rings. The lowest BCUT2D eigenvalue weighted by molar-refractivity contribution is 0.414. The summed E-state index contributed by atoms with van der Waals surface area (Å²) in [5, 5.41) is 2.95. The van der Waals surface area contributed by atoms with Crippen LogP contribution in [0.3, 0.4) is 0 Å². The van der Waals surface area contributed by atoms with Crippen molar-refractivity contribution in [1.82, 2.24) is 5.32 Å². The van der Waals surface area contributed by atoms with Gasteiger partial charge >= 0.3 is 0 Å². The van der Waals surface area contributed by atoms with Gasteiger partial charge in [-0.2, -0.15) is 0 Å². The molecule has 0 aliphatic carbocycles. The number of nitrogens with one attached hydrogen (secondary N) is 1. The Hall–Kier alpha value is -1.97. The third kappa shape index (κ3) is 5.46. The molecule has 0 heterocycles. The lowest BCUT2D eigenvalue weighted by Crippen LogP contribution is -2.31. The molecule has 1 aromatic carbocycles. The number of aliphatic imine (C=N–C) groups is 1. The van der Waals surface area contributed by atoms with Crippen molar-refractivity contribution in [3.8, 4) is 5.75 Å². The number of methoxy groups -OCH3 is 1. The van der Waals surface area contributed by atoms with Crippen molar-refractivity contribution in [3.63, 3.8) is 0 Å². The molecule has 4 heteroatoms. The van der Waals surface area contributed by atoms with Crippen LogP contribution in [0.15, 0.2) is 41.9 Å². The van der Waals surface area contributed by atoms with Crippen LogP contribution in [-0.2, 0) is 0 Å². The summed E-state index contributed by atoms with van der Waals surface area (Å²) < 4.78 is 5.14. The number of rotatable bonds is 7. The van der Waals surface area contributed by atoms with Crippen LogP contribution >= 0.6 is 0 Å². The molecule has 0 aliphatic heterocycles. The van der Waals surface area contributed by atoms with Crippen molar-refractivity contribution in [1.29, 1.82) is 0 Å². The molecule has 1 aromatic rings. The average Bonchev–Trinajstić information content (AvgIpc) is 2.45. The Morgan fingerprint density at radius 3 is 2.74 bits per heavy atom. The van der Waals surface area contributed by atoms with Crippen molar-refractivity contribution in [2.75, 3.05) is 20.2 Å². The van der Waals surface area contributed by atoms with Crippen LogP contribution in [0.2, 0.25) is 0 Å². The zero-order valence-corrected chi connectivity index (χ0v) is 11.7. The van der Waals surface area contributed by atoms with Gasteiger partial charge in [-0.1, -0.05) is 25.1 Å². The molecule has 0 amide bonds. The molecule has 0 saturated heterocycles. The maximum atomic E-state index is 5.70. The zero-order chi connectivity index (χ0) is 14.1. The van der Waals surface area contributed by atoms with Crippen LogP contribution in [0.5, 0.6) is 5.75 Å². The van der Waals surface area contributed by atoms with Crippen LogP contribution in [0, 0.1) is 0 Å². The summed E-state index contributed by atoms with van der Waals surface area (Å²) in [7, 11) is 1.67. The Balaban J connectivity index is 2.41. The first kappa shape index (κ1) is 15.1. The summed E-state index contributed by atoms with van der Waals surface area (Å²) >= 11 is 0. The molecule has 1 unspecified atom stereocenters. The predicted octanol–water partition coefficient (Wildman–Crippen LogP) is 2.28. The molecule has 0 bridgehead atoms. The van der Waals surface area contributed by atoms with Crippen LogP contribution in [0.4, 0.5) is 0 Å². The third-order valence-corrected chi connectivity index (χ3v) is 2.96. The van der Waals surface area contributed by atoms with E-state index in [1.807, 2.05) is 12.1 Å². The molecule has 19 heavy (non-hydrogen) atoms. The molecule has 104 valence electrons. The highest BCUT2D eigenvalue weighted by molar-refractivity contribution is 5.77. The van der Waals surface area contributed by atoms with Gasteiger partial charge in [0.1, 0.15) is 5.75 Å². The van der Waals surface area contributed by atoms with E-state index in [0.29, 0.717) is 25.0 Å². The smallest absolute Gasteiger partial charge is 0.188 e. The molecule has 4 nitrogen and oxygen atoms in total. The van der Waals surface area contributed by atoms with Crippen LogP contribution < -0.4 is 15.8 Å². The lowest BCUT2D eigenvalue weighted by Gasteiger charge is -2.11. The van der Waals surface area contributed by atoms with Gasteiger partial charge in [0.2, 0.25) is 0 Å². The van der Waals surface area contributed by atoms with E-state index < -0.39 is 0 Å². The van der Waals surface area contributed by atoms with Crippen LogP contribution in [0.25, 0.3) is 0 Å². The quantitative estimate of drug-likeness (QED) is 0.450. The van der Waals surface area contributed by atoms with Gasteiger partial charge in [0.05, 0.1) is 7.11 Å². The Morgan fingerprint density at radius 1 is 1.47 bits per heavy atom. The van der Waals surface area contributed by atoms with E-state index in [4.69, 9.17) is 10.5 Å². The number of hydrogen-bond acceptors (Lipinski definition) is 2. The predicted molar refractivity (Wildman–Crippen MR) is 80.7 cm³/mol. The summed E-state index contributed by atoms with van der Waals surface area (Å²) in [6, 6.07) is 8.14. The number of guanidine groups is 1. The number of ether oxygens (including phenoxy) is 1. The SMILES string of the molecule is C=CCNC(N)=NCCC(C)c1ccc(OC)cc1. The van der Waals surface area contributed by atoms with E-state index >= 15 is 0 Å². The fourth-order valence-electron chi connectivity index (χ4n) is 1.71. The van der Waals surface area contributed by atoms with Crippen molar-refractivity contribution in [2.45, 2.75) is 19.3 Å². The van der Waals surface area contributed by atoms with Crippen LogP contribution in [0.1, 0.15) is 24.8 Å². The highest BCUT2D eigenvalue weighted by atomic mass is 16.5. The van der Waals surface area contributed by atoms with Gasteiger partial charge in [-0.3, -0.25) is 4.99 Å². The second-order valence-corrected chi connectivity index (χ2v) is 4.40. The molecular formula is C15H23N3O. The molecule has 0 fully saturated rings. The number of nitrogens with zero attached hydrogens (tertiary/aromatic N) is 1. The molecular weight excluding hydrogens is 238 g/mol. The molecule has 3 N–H and O–H groups in total. The minimum atomic E-state index is 0.446. The van der Waals surface area contributed by atoms with Gasteiger partial charge in [-0.25, -0.2) is 0 Å². The maximum absolute atomic E-state index is 5.70. The minimum absolute atomic E-state index is 0.446. The molecule has 0 aromatic heterocycles. The van der Waals surface area contributed by atoms with Gasteiger partial charge in [-0.05, 0) is 30.0 Å². The Morgan fingerprint density at radius 2 is 2.16 bits per heavy atom. The second-order valence-electron chi connectivity index (χ2n) is 4.40. The topological polar surface area (TPSA) is 59.6 Å². The lowest BCUT2D eigenvalue weighted by atomic mass is 9.98. The first-order chi connectivity index (χ1) is 9.17. The Labute approximate surface area is 115 Å². The Kier molecular flexibility index (Phi) is 6.50. The van der Waals surface area contributed by atoms with Crippen LogP contribution in [-0.4, -0.2) is 26.2 Å². The Bertz CT molecular complexity index is 412. The van der Waals surface area contributed by atoms with Crippen molar-refractivity contribution in [3.05, 3.63) is 42.5 Å². The van der Waals surface area contributed by atoms with E-state index in [0.717, 1.165) is 12.2 Å². The van der Waals surface area contributed by atoms with Crippen molar-refractivity contribution < 1.29 is 4.74 Å². The number of nitrogens with two attached hydrogens (primary N) is 1. The number of benzene rings is 1. The van der Waals surface area contributed by atoms with Gasteiger partial charge < -0.3 is 15.8 Å². The number of hydrogen-bond donors (Lipinski definition) is 2. The van der Waals surface area contributed by atoms with E-state index in [2.05, 4.69) is 35.9 Å². The van der Waals surface area contributed by atoms with Crippen molar-refractivity contribution >= 4 is 5.96 Å². The minimum Gasteiger partial charge on any atom is -0.497 e. The van der Waals surface area contributed by atoms with Crippen molar-refractivity contribution in [2.24, 2.45) is 10.7 Å². The van der Waals surface area contributed by atoms with E-state index in [9.17, 15) is 0 Å². The van der Waals surface area contributed by atoms with Gasteiger partial charge in [0.25, 0.3) is 0 Å². The normalized spacial score (nSPS) is 12.8. The second kappa shape index (κ2) is 8.19. The molecule has 0 radical (unpaired) electrons. The molecule has 1 atom stereocenters. The first-order valence-electron chi connectivity index (χ1n) is 6.46. The average molecular weight is 261 g/mol.